The van der Waals surface area contributed by atoms with Gasteiger partial charge in [0, 0.05) is 0 Å². The van der Waals surface area contributed by atoms with Crippen LogP contribution >= 0.6 is 0 Å². The third kappa shape index (κ3) is 4.14. The summed E-state index contributed by atoms with van der Waals surface area (Å²) in [6.45, 7) is 0. The molecule has 0 aromatic carbocycles. The zero-order valence-corrected chi connectivity index (χ0v) is 5.92. The first-order valence-corrected chi connectivity index (χ1v) is 2.66. The maximum Gasteiger partial charge on any atom is 0.463 e. The summed E-state index contributed by atoms with van der Waals surface area (Å²) in [7, 11) is 0. The molecule has 0 saturated carbocycles. The van der Waals surface area contributed by atoms with E-state index in [-0.39, 0.29) is 0 Å². The molecule has 0 radical (unpaired) electrons. The van der Waals surface area contributed by atoms with Gasteiger partial charge in [-0.15, -0.1) is 10.2 Å². The van der Waals surface area contributed by atoms with E-state index in [1.807, 2.05) is 0 Å². The zero-order chi connectivity index (χ0) is 11.6. The van der Waals surface area contributed by atoms with Gasteiger partial charge >= 0.3 is 24.3 Å². The fourth-order valence-corrected chi connectivity index (χ4v) is 0.201. The summed E-state index contributed by atoms with van der Waals surface area (Å²) < 4.78 is 90.6. The van der Waals surface area contributed by atoms with Gasteiger partial charge in [-0.25, -0.2) is 0 Å². The van der Waals surface area contributed by atoms with E-state index >= 15 is 0 Å². The van der Waals surface area contributed by atoms with Gasteiger partial charge in [0.25, 0.3) is 0 Å². The van der Waals surface area contributed by atoms with Crippen LogP contribution in [-0.2, 0) is 0 Å². The molecule has 0 spiro atoms. The Labute approximate surface area is 70.9 Å². The average molecular weight is 228 g/mol. The first-order chi connectivity index (χ1) is 6.05. The van der Waals surface area contributed by atoms with Gasteiger partial charge < -0.3 is 0 Å². The van der Waals surface area contributed by atoms with Gasteiger partial charge in [0.05, 0.1) is 0 Å². The number of nitrogens with zero attached hydrogens (tertiary/aromatic N) is 2. The summed E-state index contributed by atoms with van der Waals surface area (Å²) in [6.07, 6.45) is -11.2. The van der Waals surface area contributed by atoms with Crippen LogP contribution in [-0.4, -0.2) is 24.3 Å². The molecule has 0 atom stereocenters. The van der Waals surface area contributed by atoms with Gasteiger partial charge in [-0.2, -0.15) is 35.1 Å². The highest BCUT2D eigenvalue weighted by Crippen LogP contribution is 2.20. The lowest BCUT2D eigenvalue weighted by Gasteiger charge is -2.00. The first-order valence-electron chi connectivity index (χ1n) is 2.66. The molecule has 2 nitrogen and oxygen atoms in total. The average Bonchev–Trinajstić information content (AvgIpc) is 1.95. The van der Waals surface area contributed by atoms with Gasteiger partial charge in [0.1, 0.15) is 0 Å². The molecule has 10 heteroatoms. The van der Waals surface area contributed by atoms with Gasteiger partial charge in [0.2, 0.25) is 0 Å². The Morgan fingerprint density at radius 1 is 0.643 bits per heavy atom. The van der Waals surface area contributed by atoms with Crippen LogP contribution in [0, 0.1) is 0 Å². The fourth-order valence-electron chi connectivity index (χ4n) is 0.201. The third-order valence-electron chi connectivity index (χ3n) is 0.693. The molecule has 0 saturated heterocycles. The number of hydrogen-bond donors (Lipinski definition) is 0. The summed E-state index contributed by atoms with van der Waals surface area (Å²) in [6, 6.07) is 0. The molecule has 0 aromatic heterocycles. The molecule has 0 heterocycles. The highest BCUT2D eigenvalue weighted by Gasteiger charge is 2.39. The summed E-state index contributed by atoms with van der Waals surface area (Å²) in [5.41, 5.74) is 0. The molecule has 0 rings (SSSR count). The first kappa shape index (κ1) is 12.8. The van der Waals surface area contributed by atoms with Crippen LogP contribution in [0.5, 0.6) is 0 Å². The third-order valence-corrected chi connectivity index (χ3v) is 0.693. The van der Waals surface area contributed by atoms with Crippen LogP contribution in [0.3, 0.4) is 0 Å². The van der Waals surface area contributed by atoms with E-state index in [0.29, 0.717) is 0 Å². The van der Waals surface area contributed by atoms with E-state index in [2.05, 4.69) is 0 Å². The molecule has 0 bridgehead atoms. The Morgan fingerprint density at radius 2 is 0.857 bits per heavy atom. The predicted octanol–water partition coefficient (Wildman–Crippen LogP) is 2.76. The lowest BCUT2D eigenvalue weighted by Crippen LogP contribution is -2.20. The molecule has 82 valence electrons. The lowest BCUT2D eigenvalue weighted by atomic mass is 10.7. The molecular weight excluding hydrogens is 228 g/mol. The maximum atomic E-state index is 11.6. The summed E-state index contributed by atoms with van der Waals surface area (Å²) >= 11 is 0. The van der Waals surface area contributed by atoms with Crippen molar-refractivity contribution in [2.75, 3.05) is 0 Å². The van der Waals surface area contributed by atoms with Crippen LogP contribution in [0.15, 0.2) is 10.2 Å². The van der Waals surface area contributed by atoms with Crippen molar-refractivity contribution < 1.29 is 35.1 Å². The van der Waals surface area contributed by atoms with Crippen LogP contribution in [0.4, 0.5) is 35.1 Å². The Hall–Kier alpha value is -1.22. The van der Waals surface area contributed by atoms with Crippen molar-refractivity contribution in [3.05, 3.63) is 0 Å². The van der Waals surface area contributed by atoms with E-state index in [0.717, 1.165) is 0 Å². The number of rotatable bonds is 1. The predicted molar refractivity (Wildman–Crippen MR) is 29.2 cm³/mol. The molecule has 0 aliphatic carbocycles. The van der Waals surface area contributed by atoms with Crippen molar-refractivity contribution in [3.63, 3.8) is 0 Å². The van der Waals surface area contributed by atoms with Crippen LogP contribution in [0.1, 0.15) is 0 Å². The minimum Gasteiger partial charge on any atom is -0.178 e. The van der Waals surface area contributed by atoms with E-state index in [1.54, 1.807) is 0 Å². The SMILES string of the molecule is FC(=NN=C(F)C(F)(F)F)C(F)(F)F. The molecule has 0 N–H and O–H groups in total. The van der Waals surface area contributed by atoms with Crippen molar-refractivity contribution in [1.82, 2.24) is 0 Å². The molecule has 0 unspecified atom stereocenters. The quantitative estimate of drug-likeness (QED) is 0.374. The van der Waals surface area contributed by atoms with E-state index in [1.165, 1.54) is 10.2 Å². The Balaban J connectivity index is 4.73. The van der Waals surface area contributed by atoms with Crippen molar-refractivity contribution >= 4 is 11.9 Å². The van der Waals surface area contributed by atoms with Gasteiger partial charge in [0.15, 0.2) is 0 Å². The van der Waals surface area contributed by atoms with Crippen molar-refractivity contribution in [2.24, 2.45) is 10.2 Å². The molecule has 0 aromatic rings. The van der Waals surface area contributed by atoms with Gasteiger partial charge in [-0.3, -0.25) is 0 Å². The summed E-state index contributed by atoms with van der Waals surface area (Å²) in [5.74, 6) is -6.34. The van der Waals surface area contributed by atoms with E-state index < -0.39 is 24.3 Å². The summed E-state index contributed by atoms with van der Waals surface area (Å²) in [4.78, 5) is 0. The monoisotopic (exact) mass is 228 g/mol. The molecule has 0 aliphatic heterocycles. The minimum absolute atomic E-state index is 1.38. The second kappa shape index (κ2) is 3.88. The second-order valence-corrected chi connectivity index (χ2v) is 1.78. The second-order valence-electron chi connectivity index (χ2n) is 1.78. The Bertz CT molecular complexity index is 229. The highest BCUT2D eigenvalue weighted by atomic mass is 19.4. The number of alkyl halides is 6. The number of hydrogen-bond acceptors (Lipinski definition) is 2. The van der Waals surface area contributed by atoms with Crippen molar-refractivity contribution in [2.45, 2.75) is 12.4 Å². The van der Waals surface area contributed by atoms with Crippen molar-refractivity contribution in [1.29, 1.82) is 0 Å². The fraction of sp³-hybridized carbons (Fsp3) is 0.500. The summed E-state index contributed by atoms with van der Waals surface area (Å²) in [5, 5.41) is 2.76. The molecular formula is C4F8N2. The van der Waals surface area contributed by atoms with Gasteiger partial charge in [-0.1, -0.05) is 0 Å². The van der Waals surface area contributed by atoms with Gasteiger partial charge in [-0.05, 0) is 0 Å². The van der Waals surface area contributed by atoms with Crippen LogP contribution in [0.2, 0.25) is 0 Å². The molecule has 0 aliphatic rings. The normalized spacial score (nSPS) is 16.0. The standard InChI is InChI=1S/C4F8N2/c5-1(3(7,8)9)13-14-2(6)4(10,11)12. The molecule has 0 amide bonds. The lowest BCUT2D eigenvalue weighted by molar-refractivity contribution is -0.0700. The molecule has 0 fully saturated rings. The largest absolute Gasteiger partial charge is 0.463 e. The number of halogens is 8. The maximum absolute atomic E-state index is 11.6. The minimum atomic E-state index is -5.59. The zero-order valence-electron chi connectivity index (χ0n) is 5.92. The molecule has 14 heavy (non-hydrogen) atoms. The Morgan fingerprint density at radius 3 is 1.00 bits per heavy atom. The topological polar surface area (TPSA) is 24.7 Å². The highest BCUT2D eigenvalue weighted by molar-refractivity contribution is 5.84. The van der Waals surface area contributed by atoms with E-state index in [9.17, 15) is 35.1 Å². The van der Waals surface area contributed by atoms with Crippen molar-refractivity contribution in [3.8, 4) is 0 Å². The smallest absolute Gasteiger partial charge is 0.178 e. The Kier molecular flexibility index (Phi) is 3.54. The van der Waals surface area contributed by atoms with Crippen LogP contribution in [0.25, 0.3) is 0 Å². The van der Waals surface area contributed by atoms with E-state index in [4.69, 9.17) is 0 Å². The van der Waals surface area contributed by atoms with Crippen LogP contribution < -0.4 is 0 Å².